The van der Waals surface area contributed by atoms with Gasteiger partial charge < -0.3 is 18.6 Å². The van der Waals surface area contributed by atoms with E-state index < -0.39 is 0 Å². The van der Waals surface area contributed by atoms with E-state index in [-0.39, 0.29) is 0 Å². The molecule has 13 aromatic carbocycles. The third kappa shape index (κ3) is 7.86. The summed E-state index contributed by atoms with van der Waals surface area (Å²) in [5.74, 6) is 0. The van der Waals surface area contributed by atoms with Gasteiger partial charge in [0.05, 0.1) is 5.39 Å². The fourth-order valence-electron chi connectivity index (χ4n) is 11.5. The van der Waals surface area contributed by atoms with Gasteiger partial charge in [0.2, 0.25) is 0 Å². The van der Waals surface area contributed by atoms with Crippen LogP contribution in [-0.2, 0) is 0 Å². The molecule has 4 nitrogen and oxygen atoms in total. The number of furan rings is 2. The maximum atomic E-state index is 7.08. The molecule has 0 amide bonds. The van der Waals surface area contributed by atoms with Crippen molar-refractivity contribution in [3.63, 3.8) is 0 Å². The monoisotopic (exact) mass is 996 g/mol. The molecule has 366 valence electrons. The highest BCUT2D eigenvalue weighted by molar-refractivity contribution is 6.27. The first kappa shape index (κ1) is 45.0. The third-order valence-corrected chi connectivity index (χ3v) is 15.4. The summed E-state index contributed by atoms with van der Waals surface area (Å²) in [6.45, 7) is 0. The lowest BCUT2D eigenvalue weighted by molar-refractivity contribution is 0.666. The Labute approximate surface area is 451 Å². The zero-order chi connectivity index (χ0) is 51.5. The Balaban J connectivity index is 0.809. The summed E-state index contributed by atoms with van der Waals surface area (Å²) < 4.78 is 13.9. The topological polar surface area (TPSA) is 32.8 Å². The van der Waals surface area contributed by atoms with Crippen molar-refractivity contribution < 1.29 is 8.83 Å². The van der Waals surface area contributed by atoms with Crippen molar-refractivity contribution in [1.82, 2.24) is 0 Å². The average Bonchev–Trinajstić information content (AvgIpc) is 4.26. The number of anilines is 6. The maximum absolute atomic E-state index is 7.08. The Kier molecular flexibility index (Phi) is 10.8. The zero-order valence-corrected chi connectivity index (χ0v) is 42.4. The van der Waals surface area contributed by atoms with Crippen molar-refractivity contribution in [2.75, 3.05) is 9.80 Å². The number of nitrogens with zero attached hydrogens (tertiary/aromatic N) is 2. The van der Waals surface area contributed by atoms with Gasteiger partial charge in [-0.2, -0.15) is 0 Å². The molecule has 0 unspecified atom stereocenters. The molecule has 0 N–H and O–H groups in total. The molecule has 78 heavy (non-hydrogen) atoms. The van der Waals surface area contributed by atoms with E-state index in [4.69, 9.17) is 8.83 Å². The molecule has 2 aromatic heterocycles. The average molecular weight is 997 g/mol. The van der Waals surface area contributed by atoms with Gasteiger partial charge >= 0.3 is 0 Å². The van der Waals surface area contributed by atoms with Gasteiger partial charge in [0.25, 0.3) is 0 Å². The highest BCUT2D eigenvalue weighted by Crippen LogP contribution is 2.46. The van der Waals surface area contributed by atoms with E-state index in [1.807, 2.05) is 0 Å². The predicted octanol–water partition coefficient (Wildman–Crippen LogP) is 21.4. The summed E-state index contributed by atoms with van der Waals surface area (Å²) >= 11 is 0. The first-order valence-electron chi connectivity index (χ1n) is 26.5. The van der Waals surface area contributed by atoms with Crippen LogP contribution >= 0.6 is 0 Å². The molecule has 0 fully saturated rings. The van der Waals surface area contributed by atoms with Gasteiger partial charge in [-0.1, -0.05) is 182 Å². The van der Waals surface area contributed by atoms with Crippen LogP contribution in [0.1, 0.15) is 0 Å². The molecule has 0 aliphatic rings. The number of benzene rings is 13. The Morgan fingerprint density at radius 1 is 0.205 bits per heavy atom. The molecule has 0 saturated carbocycles. The van der Waals surface area contributed by atoms with E-state index in [9.17, 15) is 0 Å². The molecule has 2 heterocycles. The van der Waals surface area contributed by atoms with Gasteiger partial charge in [-0.25, -0.2) is 0 Å². The van der Waals surface area contributed by atoms with Crippen LogP contribution in [0.4, 0.5) is 34.1 Å². The number of hydrogen-bond donors (Lipinski definition) is 0. The minimum absolute atomic E-state index is 0.797. The SMILES string of the molecule is c1ccc(-c2ccc(N(c3ccc(-c4ccccc4)cc3)c3ccc4c(ccc5c6ccc7oc8c9ccc(N(c%10ccc(-c%11ccccc%11)cc%10)c%10ccc(-c%11ccccc%11)cc%10)cc9ccc8c7c6oc45)c3)cc2)cc1. The van der Waals surface area contributed by atoms with Crippen molar-refractivity contribution in [3.8, 4) is 44.5 Å². The highest BCUT2D eigenvalue weighted by Gasteiger charge is 2.22. The van der Waals surface area contributed by atoms with Crippen LogP contribution in [0.25, 0.3) is 110 Å². The van der Waals surface area contributed by atoms with E-state index in [0.717, 1.165) is 99.5 Å². The molecule has 0 aliphatic carbocycles. The van der Waals surface area contributed by atoms with E-state index in [0.29, 0.717) is 0 Å². The van der Waals surface area contributed by atoms with Crippen molar-refractivity contribution in [3.05, 3.63) is 291 Å². The van der Waals surface area contributed by atoms with Crippen LogP contribution < -0.4 is 9.80 Å². The van der Waals surface area contributed by atoms with E-state index in [1.165, 1.54) is 44.5 Å². The summed E-state index contributed by atoms with van der Waals surface area (Å²) in [7, 11) is 0. The quantitative estimate of drug-likeness (QED) is 0.137. The predicted molar refractivity (Wildman–Crippen MR) is 327 cm³/mol. The van der Waals surface area contributed by atoms with Gasteiger partial charge in [0.1, 0.15) is 22.3 Å². The summed E-state index contributed by atoms with van der Waals surface area (Å²) in [4.78, 5) is 4.67. The molecule has 15 aromatic rings. The minimum atomic E-state index is 0.797. The molecule has 4 heteroatoms. The molecular weight excluding hydrogens is 949 g/mol. The van der Waals surface area contributed by atoms with Crippen molar-refractivity contribution >= 4 is 99.5 Å². The van der Waals surface area contributed by atoms with Crippen molar-refractivity contribution in [2.24, 2.45) is 0 Å². The van der Waals surface area contributed by atoms with Crippen LogP contribution in [0.15, 0.2) is 300 Å². The van der Waals surface area contributed by atoms with Gasteiger partial charge in [0, 0.05) is 61.1 Å². The van der Waals surface area contributed by atoms with E-state index in [1.54, 1.807) is 0 Å². The second-order valence-electron chi connectivity index (χ2n) is 20.0. The lowest BCUT2D eigenvalue weighted by atomic mass is 10.0. The van der Waals surface area contributed by atoms with Crippen LogP contribution in [0.5, 0.6) is 0 Å². The normalized spacial score (nSPS) is 11.6. The molecule has 15 rings (SSSR count). The zero-order valence-electron chi connectivity index (χ0n) is 42.4. The Bertz CT molecular complexity index is 4500. The number of rotatable bonds is 10. The molecule has 0 atom stereocenters. The van der Waals surface area contributed by atoms with Crippen LogP contribution in [0, 0.1) is 0 Å². The number of fused-ring (bicyclic) bond motifs is 11. The summed E-state index contributed by atoms with van der Waals surface area (Å²) in [6.07, 6.45) is 0. The Hall–Kier alpha value is -10.4. The highest BCUT2D eigenvalue weighted by atomic mass is 16.3. The van der Waals surface area contributed by atoms with Crippen molar-refractivity contribution in [1.29, 1.82) is 0 Å². The van der Waals surface area contributed by atoms with Crippen molar-refractivity contribution in [2.45, 2.75) is 0 Å². The molecule has 0 spiro atoms. The third-order valence-electron chi connectivity index (χ3n) is 15.4. The van der Waals surface area contributed by atoms with Gasteiger partial charge in [-0.05, 0) is 164 Å². The largest absolute Gasteiger partial charge is 0.455 e. The Morgan fingerprint density at radius 3 is 0.885 bits per heavy atom. The second-order valence-corrected chi connectivity index (χ2v) is 20.0. The maximum Gasteiger partial charge on any atom is 0.147 e. The first-order valence-corrected chi connectivity index (χ1v) is 26.5. The van der Waals surface area contributed by atoms with Gasteiger partial charge in [-0.15, -0.1) is 0 Å². The molecular formula is C74H48N2O2. The lowest BCUT2D eigenvalue weighted by Gasteiger charge is -2.26. The van der Waals surface area contributed by atoms with Crippen LogP contribution in [-0.4, -0.2) is 0 Å². The molecule has 0 bridgehead atoms. The lowest BCUT2D eigenvalue weighted by Crippen LogP contribution is -2.09. The van der Waals surface area contributed by atoms with Gasteiger partial charge in [-0.3, -0.25) is 0 Å². The van der Waals surface area contributed by atoms with Gasteiger partial charge in [0.15, 0.2) is 0 Å². The summed E-state index contributed by atoms with van der Waals surface area (Å²) in [5.41, 5.74) is 19.2. The number of hydrogen-bond acceptors (Lipinski definition) is 4. The van der Waals surface area contributed by atoms with Crippen LogP contribution in [0.2, 0.25) is 0 Å². The minimum Gasteiger partial charge on any atom is -0.455 e. The van der Waals surface area contributed by atoms with E-state index in [2.05, 4.69) is 301 Å². The molecule has 0 saturated heterocycles. The van der Waals surface area contributed by atoms with E-state index >= 15 is 0 Å². The second kappa shape index (κ2) is 18.7. The molecule has 0 radical (unpaired) electrons. The summed E-state index contributed by atoms with van der Waals surface area (Å²) in [5, 5.41) is 8.42. The fourth-order valence-corrected chi connectivity index (χ4v) is 11.5. The Morgan fingerprint density at radius 2 is 0.500 bits per heavy atom. The molecule has 0 aliphatic heterocycles. The summed E-state index contributed by atoms with van der Waals surface area (Å²) in [6, 6.07) is 104. The van der Waals surface area contributed by atoms with Crippen LogP contribution in [0.3, 0.4) is 0 Å². The fraction of sp³-hybridized carbons (Fsp3) is 0. The first-order chi connectivity index (χ1) is 38.6. The smallest absolute Gasteiger partial charge is 0.147 e. The standard InChI is InChI=1S/C74H48N2O2/c1-5-13-49(14-6-1)53-21-31-59(32-22-53)75(60-33-23-54(24-34-60)50-15-7-2-8-16-50)63-39-43-65-57(47-63)29-41-67-68-45-46-70-71(74(68)78-72(65)67)69-42-30-58-48-64(40-44-66(58)73(69)77-70)76(61-35-25-55(26-36-61)51-17-9-3-10-18-51)62-37-27-56(28-38-62)52-19-11-4-12-20-52/h1-48H.